The summed E-state index contributed by atoms with van der Waals surface area (Å²) >= 11 is 0. The van der Waals surface area contributed by atoms with Crippen LogP contribution in [-0.2, 0) is 4.79 Å². The Morgan fingerprint density at radius 3 is 2.13 bits per heavy atom. The lowest BCUT2D eigenvalue weighted by Crippen LogP contribution is -2.45. The van der Waals surface area contributed by atoms with Gasteiger partial charge >= 0.3 is 6.09 Å². The van der Waals surface area contributed by atoms with Crippen LogP contribution in [0.15, 0.2) is 0 Å². The number of rotatable bonds is 2. The van der Waals surface area contributed by atoms with Gasteiger partial charge < -0.3 is 21.1 Å². The third-order valence-electron chi connectivity index (χ3n) is 1.88. The highest BCUT2D eigenvalue weighted by Crippen LogP contribution is 1.90. The van der Waals surface area contributed by atoms with Gasteiger partial charge in [0.05, 0.1) is 0 Å². The van der Waals surface area contributed by atoms with Crippen LogP contribution < -0.4 is 11.1 Å². The second-order valence-corrected chi connectivity index (χ2v) is 3.24. The van der Waals surface area contributed by atoms with Gasteiger partial charge in [0.2, 0.25) is 5.91 Å². The average molecular weight is 217 g/mol. The van der Waals surface area contributed by atoms with Crippen molar-refractivity contribution < 1.29 is 14.7 Å². The first-order valence-electron chi connectivity index (χ1n) is 5.04. The van der Waals surface area contributed by atoms with Crippen LogP contribution in [0, 0.1) is 0 Å². The maximum Gasteiger partial charge on any atom is 0.407 e. The summed E-state index contributed by atoms with van der Waals surface area (Å²) < 4.78 is 0. The van der Waals surface area contributed by atoms with Gasteiger partial charge in [-0.25, -0.2) is 4.79 Å². The molecule has 4 N–H and O–H groups in total. The summed E-state index contributed by atoms with van der Waals surface area (Å²) in [4.78, 5) is 21.5. The number of hydrogen-bond acceptors (Lipinski definition) is 3. The molecule has 0 aliphatic carbocycles. The fourth-order valence-corrected chi connectivity index (χ4v) is 1.10. The zero-order chi connectivity index (χ0) is 11.7. The van der Waals surface area contributed by atoms with Crippen molar-refractivity contribution >= 4 is 12.0 Å². The molecule has 0 unspecified atom stereocenters. The van der Waals surface area contributed by atoms with Gasteiger partial charge in [0.25, 0.3) is 0 Å². The fraction of sp³-hybridized carbons (Fsp3) is 0.778. The quantitative estimate of drug-likeness (QED) is 0.599. The molecule has 1 aliphatic heterocycles. The van der Waals surface area contributed by atoms with Crippen molar-refractivity contribution in [1.82, 2.24) is 10.2 Å². The van der Waals surface area contributed by atoms with Crippen LogP contribution in [-0.4, -0.2) is 48.2 Å². The predicted molar refractivity (Wildman–Crippen MR) is 56.6 cm³/mol. The monoisotopic (exact) mass is 217 g/mol. The maximum absolute atomic E-state index is 10.3. The topological polar surface area (TPSA) is 95.7 Å². The van der Waals surface area contributed by atoms with Crippen molar-refractivity contribution in [2.24, 2.45) is 5.73 Å². The van der Waals surface area contributed by atoms with Gasteiger partial charge in [0.1, 0.15) is 0 Å². The molecule has 0 aromatic carbocycles. The SMILES string of the molecule is CCCC(N)=O.O=C(O)N1CCNCC1. The number of primary amides is 1. The van der Waals surface area contributed by atoms with E-state index in [-0.39, 0.29) is 5.91 Å². The highest BCUT2D eigenvalue weighted by Gasteiger charge is 2.13. The van der Waals surface area contributed by atoms with E-state index < -0.39 is 6.09 Å². The number of nitrogens with one attached hydrogen (secondary N) is 1. The molecule has 88 valence electrons. The largest absolute Gasteiger partial charge is 0.465 e. The number of carboxylic acid groups (broad SMARTS) is 1. The molecule has 1 rings (SSSR count). The molecule has 1 fully saturated rings. The summed E-state index contributed by atoms with van der Waals surface area (Å²) in [5, 5.41) is 11.5. The molecule has 0 aromatic rings. The molecule has 2 amide bonds. The van der Waals surface area contributed by atoms with Crippen LogP contribution in [0.5, 0.6) is 0 Å². The normalized spacial score (nSPS) is 15.1. The number of nitrogens with two attached hydrogens (primary N) is 1. The Hall–Kier alpha value is -1.30. The van der Waals surface area contributed by atoms with E-state index in [4.69, 9.17) is 10.8 Å². The van der Waals surface area contributed by atoms with Crippen LogP contribution in [0.1, 0.15) is 19.8 Å². The third-order valence-corrected chi connectivity index (χ3v) is 1.88. The Balaban J connectivity index is 0.000000288. The van der Waals surface area contributed by atoms with E-state index in [0.29, 0.717) is 19.5 Å². The fourth-order valence-electron chi connectivity index (χ4n) is 1.10. The lowest BCUT2D eigenvalue weighted by Gasteiger charge is -2.23. The van der Waals surface area contributed by atoms with Crippen molar-refractivity contribution in [1.29, 1.82) is 0 Å². The molecule has 0 atom stereocenters. The molecule has 1 saturated heterocycles. The van der Waals surface area contributed by atoms with Crippen molar-refractivity contribution in [3.63, 3.8) is 0 Å². The lowest BCUT2D eigenvalue weighted by molar-refractivity contribution is -0.118. The van der Waals surface area contributed by atoms with Crippen LogP contribution in [0.25, 0.3) is 0 Å². The molecule has 0 radical (unpaired) electrons. The van der Waals surface area contributed by atoms with E-state index in [1.165, 1.54) is 4.90 Å². The Kier molecular flexibility index (Phi) is 7.35. The van der Waals surface area contributed by atoms with E-state index in [9.17, 15) is 9.59 Å². The summed E-state index contributed by atoms with van der Waals surface area (Å²) in [5.41, 5.74) is 4.76. The Labute approximate surface area is 89.4 Å². The second-order valence-electron chi connectivity index (χ2n) is 3.24. The molecule has 1 aliphatic rings. The molecule has 0 saturated carbocycles. The highest BCUT2D eigenvalue weighted by molar-refractivity contribution is 5.73. The minimum Gasteiger partial charge on any atom is -0.465 e. The zero-order valence-corrected chi connectivity index (χ0v) is 9.03. The molecular weight excluding hydrogens is 198 g/mol. The first-order chi connectivity index (χ1) is 7.07. The van der Waals surface area contributed by atoms with E-state index in [1.54, 1.807) is 0 Å². The summed E-state index contributed by atoms with van der Waals surface area (Å²) in [6.45, 7) is 4.73. The van der Waals surface area contributed by atoms with Gasteiger partial charge in [0, 0.05) is 32.6 Å². The van der Waals surface area contributed by atoms with Gasteiger partial charge in [-0.15, -0.1) is 0 Å². The number of carbonyl (C=O) groups excluding carboxylic acids is 1. The summed E-state index contributed by atoms with van der Waals surface area (Å²) in [6, 6.07) is 0. The summed E-state index contributed by atoms with van der Waals surface area (Å²) in [6.07, 6.45) is 0.562. The van der Waals surface area contributed by atoms with Gasteiger partial charge in [-0.3, -0.25) is 4.79 Å². The second kappa shape index (κ2) is 8.05. The summed E-state index contributed by atoms with van der Waals surface area (Å²) in [7, 11) is 0. The molecule has 1 heterocycles. The zero-order valence-electron chi connectivity index (χ0n) is 9.03. The van der Waals surface area contributed by atoms with Gasteiger partial charge in [0.15, 0.2) is 0 Å². The van der Waals surface area contributed by atoms with Crippen LogP contribution in [0.3, 0.4) is 0 Å². The van der Waals surface area contributed by atoms with Crippen molar-refractivity contribution in [2.75, 3.05) is 26.2 Å². The Morgan fingerprint density at radius 1 is 1.40 bits per heavy atom. The maximum atomic E-state index is 10.3. The number of amides is 2. The Bertz CT molecular complexity index is 203. The minimum absolute atomic E-state index is 0.211. The van der Waals surface area contributed by atoms with Crippen molar-refractivity contribution in [3.8, 4) is 0 Å². The first kappa shape index (κ1) is 13.7. The molecule has 0 spiro atoms. The predicted octanol–water partition coefficient (Wildman–Crippen LogP) is -0.159. The van der Waals surface area contributed by atoms with Gasteiger partial charge in [-0.1, -0.05) is 6.92 Å². The molecule has 15 heavy (non-hydrogen) atoms. The molecular formula is C9H19N3O3. The van der Waals surface area contributed by atoms with Gasteiger partial charge in [-0.2, -0.15) is 0 Å². The number of carbonyl (C=O) groups is 2. The van der Waals surface area contributed by atoms with Crippen LogP contribution in [0.2, 0.25) is 0 Å². The molecule has 6 nitrogen and oxygen atoms in total. The van der Waals surface area contributed by atoms with E-state index in [2.05, 4.69) is 5.32 Å². The standard InChI is InChI=1S/C5H10N2O2.C4H9NO/c8-5(9)7-3-1-6-2-4-7;1-2-3-4(5)6/h6H,1-4H2,(H,8,9);2-3H2,1H3,(H2,5,6). The molecule has 6 heteroatoms. The van der Waals surface area contributed by atoms with Crippen LogP contribution in [0.4, 0.5) is 4.79 Å². The van der Waals surface area contributed by atoms with E-state index in [1.807, 2.05) is 6.92 Å². The first-order valence-corrected chi connectivity index (χ1v) is 5.04. The molecule has 0 aromatic heterocycles. The smallest absolute Gasteiger partial charge is 0.407 e. The number of nitrogens with zero attached hydrogens (tertiary/aromatic N) is 1. The van der Waals surface area contributed by atoms with Gasteiger partial charge in [-0.05, 0) is 6.42 Å². The summed E-state index contributed by atoms with van der Waals surface area (Å²) in [5.74, 6) is -0.211. The average Bonchev–Trinajstić information content (AvgIpc) is 2.20. The van der Waals surface area contributed by atoms with Crippen molar-refractivity contribution in [2.45, 2.75) is 19.8 Å². The number of hydrogen-bond donors (Lipinski definition) is 3. The van der Waals surface area contributed by atoms with E-state index >= 15 is 0 Å². The van der Waals surface area contributed by atoms with E-state index in [0.717, 1.165) is 19.5 Å². The number of piperazine rings is 1. The van der Waals surface area contributed by atoms with Crippen LogP contribution >= 0.6 is 0 Å². The van der Waals surface area contributed by atoms with Crippen molar-refractivity contribution in [3.05, 3.63) is 0 Å². The molecule has 0 bridgehead atoms. The minimum atomic E-state index is -0.809. The third kappa shape index (κ3) is 7.75. The Morgan fingerprint density at radius 2 is 1.93 bits per heavy atom. The highest BCUT2D eigenvalue weighted by atomic mass is 16.4. The lowest BCUT2D eigenvalue weighted by atomic mass is 10.3.